The van der Waals surface area contributed by atoms with Gasteiger partial charge in [-0.2, -0.15) is 0 Å². The molecule has 0 spiro atoms. The molecule has 0 aliphatic rings. The van der Waals surface area contributed by atoms with Gasteiger partial charge in [0.05, 0.1) is 6.26 Å². The van der Waals surface area contributed by atoms with Crippen LogP contribution in [0.4, 0.5) is 0 Å². The summed E-state index contributed by atoms with van der Waals surface area (Å²) in [4.78, 5) is 26.0. The van der Waals surface area contributed by atoms with E-state index in [0.717, 1.165) is 12.0 Å². The number of hydrogen-bond donors (Lipinski definition) is 2. The molecule has 2 aromatic carbocycles. The lowest BCUT2D eigenvalue weighted by Crippen LogP contribution is -2.41. The van der Waals surface area contributed by atoms with Crippen LogP contribution >= 0.6 is 0 Å². The average molecular weight is 431 g/mol. The number of carbonyl (C=O) groups is 2. The molecule has 0 saturated carbocycles. The first kappa shape index (κ1) is 23.1. The van der Waals surface area contributed by atoms with E-state index in [4.69, 9.17) is 4.42 Å². The predicted octanol–water partition coefficient (Wildman–Crippen LogP) is 5.23. The van der Waals surface area contributed by atoms with Gasteiger partial charge < -0.3 is 15.1 Å². The van der Waals surface area contributed by atoms with Crippen molar-refractivity contribution in [3.63, 3.8) is 0 Å². The number of hydrogen-bond acceptors (Lipinski definition) is 3. The summed E-state index contributed by atoms with van der Waals surface area (Å²) in [6.07, 6.45) is 3.80. The molecule has 1 heterocycles. The van der Waals surface area contributed by atoms with E-state index >= 15 is 0 Å². The Balaban J connectivity index is 1.75. The van der Waals surface area contributed by atoms with Gasteiger partial charge in [-0.15, -0.1) is 0 Å². The molecular formula is C27H30N2O3. The van der Waals surface area contributed by atoms with Gasteiger partial charge in [-0.3, -0.25) is 9.59 Å². The van der Waals surface area contributed by atoms with Crippen molar-refractivity contribution in [2.75, 3.05) is 0 Å². The first-order valence-electron chi connectivity index (χ1n) is 10.7. The Bertz CT molecular complexity index is 1080. The molecule has 1 unspecified atom stereocenters. The smallest absolute Gasteiger partial charge is 0.268 e. The minimum Gasteiger partial charge on any atom is -0.465 e. The van der Waals surface area contributed by atoms with Crippen molar-refractivity contribution >= 4 is 17.9 Å². The predicted molar refractivity (Wildman–Crippen MR) is 127 cm³/mol. The molecular weight excluding hydrogens is 400 g/mol. The molecule has 0 fully saturated rings. The average Bonchev–Trinajstić information content (AvgIpc) is 3.27. The lowest BCUT2D eigenvalue weighted by atomic mass is 9.79. The summed E-state index contributed by atoms with van der Waals surface area (Å²) < 4.78 is 5.36. The lowest BCUT2D eigenvalue weighted by Gasteiger charge is -2.29. The molecule has 0 saturated heterocycles. The molecule has 0 aliphatic heterocycles. The monoisotopic (exact) mass is 430 g/mol. The van der Waals surface area contributed by atoms with Crippen LogP contribution in [0.1, 0.15) is 54.4 Å². The van der Waals surface area contributed by atoms with Crippen molar-refractivity contribution in [1.82, 2.24) is 10.6 Å². The highest BCUT2D eigenvalue weighted by Crippen LogP contribution is 2.28. The number of benzene rings is 2. The number of furan rings is 1. The molecule has 166 valence electrons. The summed E-state index contributed by atoms with van der Waals surface area (Å²) >= 11 is 0. The molecule has 1 atom stereocenters. The van der Waals surface area contributed by atoms with Gasteiger partial charge in [-0.05, 0) is 55.0 Å². The zero-order chi connectivity index (χ0) is 23.1. The number of amides is 2. The van der Waals surface area contributed by atoms with Crippen LogP contribution in [0.3, 0.4) is 0 Å². The van der Waals surface area contributed by atoms with E-state index in [-0.39, 0.29) is 29.0 Å². The van der Waals surface area contributed by atoms with Gasteiger partial charge in [0.25, 0.3) is 11.8 Å². The zero-order valence-electron chi connectivity index (χ0n) is 19.0. The van der Waals surface area contributed by atoms with Gasteiger partial charge in [0.1, 0.15) is 11.5 Å². The zero-order valence-corrected chi connectivity index (χ0v) is 19.0. The van der Waals surface area contributed by atoms with E-state index in [1.807, 2.05) is 44.2 Å². The summed E-state index contributed by atoms with van der Waals surface area (Å²) in [6, 6.07) is 20.8. The molecule has 1 aromatic heterocycles. The summed E-state index contributed by atoms with van der Waals surface area (Å²) in [5.41, 5.74) is 2.57. The van der Waals surface area contributed by atoms with Crippen LogP contribution in [0.15, 0.2) is 83.1 Å². The Morgan fingerprint density at radius 2 is 1.69 bits per heavy atom. The second-order valence-corrected chi connectivity index (χ2v) is 8.67. The van der Waals surface area contributed by atoms with Crippen molar-refractivity contribution in [2.24, 2.45) is 0 Å². The van der Waals surface area contributed by atoms with Crippen molar-refractivity contribution < 1.29 is 14.0 Å². The Kier molecular flexibility index (Phi) is 7.31. The SMILES string of the molecule is Cc1ccccc1C(=O)N/C(=C\c1ccco1)C(=O)NC(C)CC(C)(C)c1ccccc1. The van der Waals surface area contributed by atoms with Gasteiger partial charge in [-0.1, -0.05) is 62.4 Å². The highest BCUT2D eigenvalue weighted by Gasteiger charge is 2.25. The van der Waals surface area contributed by atoms with Crippen molar-refractivity contribution in [1.29, 1.82) is 0 Å². The molecule has 2 amide bonds. The van der Waals surface area contributed by atoms with Crippen LogP contribution in [-0.2, 0) is 10.2 Å². The maximum absolute atomic E-state index is 13.1. The molecule has 2 N–H and O–H groups in total. The summed E-state index contributed by atoms with van der Waals surface area (Å²) in [5, 5.41) is 5.79. The largest absolute Gasteiger partial charge is 0.465 e. The van der Waals surface area contributed by atoms with Crippen LogP contribution in [0.5, 0.6) is 0 Å². The standard InChI is InChI=1S/C27H30N2O3/c1-19-11-8-9-15-23(19)25(30)29-24(17-22-14-10-16-32-22)26(31)28-20(2)18-27(3,4)21-12-6-5-7-13-21/h5-17,20H,18H2,1-4H3,(H,28,31)(H,29,30)/b24-17-. The van der Waals surface area contributed by atoms with Crippen molar-refractivity contribution in [3.05, 3.63) is 101 Å². The normalized spacial score (nSPS) is 12.8. The Labute approximate surface area is 189 Å². The topological polar surface area (TPSA) is 71.3 Å². The third kappa shape index (κ3) is 5.97. The Morgan fingerprint density at radius 3 is 2.34 bits per heavy atom. The number of rotatable bonds is 8. The van der Waals surface area contributed by atoms with Gasteiger partial charge in [0.15, 0.2) is 0 Å². The highest BCUT2D eigenvalue weighted by molar-refractivity contribution is 6.05. The van der Waals surface area contributed by atoms with Crippen molar-refractivity contribution in [3.8, 4) is 0 Å². The minimum absolute atomic E-state index is 0.118. The second-order valence-electron chi connectivity index (χ2n) is 8.67. The van der Waals surface area contributed by atoms with Gasteiger partial charge in [0, 0.05) is 17.7 Å². The van der Waals surface area contributed by atoms with Crippen LogP contribution < -0.4 is 10.6 Å². The van der Waals surface area contributed by atoms with Gasteiger partial charge in [0.2, 0.25) is 0 Å². The fourth-order valence-corrected chi connectivity index (χ4v) is 3.82. The molecule has 5 heteroatoms. The Hall–Kier alpha value is -3.60. The van der Waals surface area contributed by atoms with Crippen LogP contribution in [0, 0.1) is 6.92 Å². The molecule has 3 aromatic rings. The van der Waals surface area contributed by atoms with Gasteiger partial charge >= 0.3 is 0 Å². The maximum Gasteiger partial charge on any atom is 0.268 e. The van der Waals surface area contributed by atoms with E-state index in [1.54, 1.807) is 30.3 Å². The third-order valence-corrected chi connectivity index (χ3v) is 5.46. The fraction of sp³-hybridized carbons (Fsp3) is 0.259. The maximum atomic E-state index is 13.1. The van der Waals surface area contributed by atoms with E-state index < -0.39 is 0 Å². The summed E-state index contributed by atoms with van der Waals surface area (Å²) in [5.74, 6) is -0.217. The third-order valence-electron chi connectivity index (χ3n) is 5.46. The van der Waals surface area contributed by atoms with E-state index in [1.165, 1.54) is 11.8 Å². The molecule has 5 nitrogen and oxygen atoms in total. The molecule has 0 bridgehead atoms. The van der Waals surface area contributed by atoms with Crippen LogP contribution in [0.2, 0.25) is 0 Å². The van der Waals surface area contributed by atoms with E-state index in [9.17, 15) is 9.59 Å². The molecule has 3 rings (SSSR count). The first-order chi connectivity index (χ1) is 15.3. The quantitative estimate of drug-likeness (QED) is 0.481. The van der Waals surface area contributed by atoms with E-state index in [2.05, 4.69) is 36.6 Å². The van der Waals surface area contributed by atoms with Gasteiger partial charge in [-0.25, -0.2) is 0 Å². The van der Waals surface area contributed by atoms with Crippen LogP contribution in [0.25, 0.3) is 6.08 Å². The number of nitrogens with one attached hydrogen (secondary N) is 2. The Morgan fingerprint density at radius 1 is 1.00 bits per heavy atom. The van der Waals surface area contributed by atoms with Crippen molar-refractivity contribution in [2.45, 2.75) is 45.6 Å². The fourth-order valence-electron chi connectivity index (χ4n) is 3.82. The van der Waals surface area contributed by atoms with E-state index in [0.29, 0.717) is 11.3 Å². The number of carbonyl (C=O) groups excluding carboxylic acids is 2. The molecule has 32 heavy (non-hydrogen) atoms. The summed E-state index contributed by atoms with van der Waals surface area (Å²) in [6.45, 7) is 8.14. The minimum atomic E-state index is -0.361. The highest BCUT2D eigenvalue weighted by atomic mass is 16.3. The lowest BCUT2D eigenvalue weighted by molar-refractivity contribution is -0.118. The summed E-state index contributed by atoms with van der Waals surface area (Å²) in [7, 11) is 0. The second kappa shape index (κ2) is 10.1. The first-order valence-corrected chi connectivity index (χ1v) is 10.7. The number of aryl methyl sites for hydroxylation is 1. The molecule has 0 radical (unpaired) electrons. The van der Waals surface area contributed by atoms with Crippen LogP contribution in [-0.4, -0.2) is 17.9 Å². The molecule has 0 aliphatic carbocycles.